The highest BCUT2D eigenvalue weighted by Crippen LogP contribution is 2.43. The van der Waals surface area contributed by atoms with E-state index in [0.717, 1.165) is 30.0 Å². The van der Waals surface area contributed by atoms with Crippen LogP contribution in [0.25, 0.3) is 5.69 Å². The van der Waals surface area contributed by atoms with Gasteiger partial charge < -0.3 is 15.4 Å². The molecule has 2 atom stereocenters. The number of hydrogen-bond acceptors (Lipinski definition) is 6. The minimum atomic E-state index is -4.92. The Morgan fingerprint density at radius 1 is 0.964 bits per heavy atom. The largest absolute Gasteiger partial charge is 0.444 e. The normalized spacial score (nSPS) is 15.1. The third-order valence-electron chi connectivity index (χ3n) is 8.89. The van der Waals surface area contributed by atoms with Crippen LogP contribution in [0, 0.1) is 23.1 Å². The zero-order valence-electron chi connectivity index (χ0n) is 31.4. The van der Waals surface area contributed by atoms with Crippen molar-refractivity contribution in [1.82, 2.24) is 19.8 Å². The number of anilines is 1. The number of nitrogens with one attached hydrogen (secondary N) is 3. The average Bonchev–Trinajstić information content (AvgIpc) is 3.82. The summed E-state index contributed by atoms with van der Waals surface area (Å²) < 4.78 is 80.2. The number of rotatable bonds is 12. The molecule has 3 N–H and O–H groups in total. The van der Waals surface area contributed by atoms with Gasteiger partial charge in [0.15, 0.2) is 5.69 Å². The van der Waals surface area contributed by atoms with Crippen molar-refractivity contribution in [2.24, 2.45) is 5.92 Å². The lowest BCUT2D eigenvalue weighted by molar-refractivity contribution is -0.141. The van der Waals surface area contributed by atoms with Gasteiger partial charge in [0.25, 0.3) is 5.91 Å². The van der Waals surface area contributed by atoms with E-state index in [4.69, 9.17) is 4.74 Å². The molecule has 0 saturated heterocycles. The van der Waals surface area contributed by atoms with Gasteiger partial charge >= 0.3 is 12.3 Å². The Balaban J connectivity index is 1.54. The fourth-order valence-corrected chi connectivity index (χ4v) is 6.79. The monoisotopic (exact) mass is 780 g/mol. The number of halogens is 4. The van der Waals surface area contributed by atoms with Crippen LogP contribution in [0.15, 0.2) is 72.8 Å². The van der Waals surface area contributed by atoms with E-state index in [2.05, 4.69) is 26.5 Å². The third kappa shape index (κ3) is 10.4. The smallest absolute Gasteiger partial charge is 0.435 e. The van der Waals surface area contributed by atoms with E-state index in [1.165, 1.54) is 30.3 Å². The number of alkyl carbamates (subject to hydrolysis) is 1. The molecular weight excluding hydrogens is 737 g/mol. The van der Waals surface area contributed by atoms with Gasteiger partial charge in [-0.25, -0.2) is 22.8 Å². The summed E-state index contributed by atoms with van der Waals surface area (Å²) in [5.41, 5.74) is -2.08. The molecule has 3 aromatic carbocycles. The molecule has 15 heteroatoms. The number of nitriles is 1. The molecule has 2 amide bonds. The molecular formula is C40H44F4N6O4S. The van der Waals surface area contributed by atoms with Crippen LogP contribution < -0.4 is 15.4 Å². The van der Waals surface area contributed by atoms with Gasteiger partial charge in [-0.1, -0.05) is 43.2 Å². The van der Waals surface area contributed by atoms with Crippen molar-refractivity contribution >= 4 is 28.7 Å². The number of nitrogens with zero attached hydrogens (tertiary/aromatic N) is 3. The summed E-state index contributed by atoms with van der Waals surface area (Å²) in [6.07, 6.45) is -2.38. The summed E-state index contributed by atoms with van der Waals surface area (Å²) in [7, 11) is -1.65. The van der Waals surface area contributed by atoms with Crippen LogP contribution in [0.4, 0.5) is 28.0 Å². The number of benzene rings is 3. The number of amides is 2. The van der Waals surface area contributed by atoms with Crippen molar-refractivity contribution in [2.45, 2.75) is 95.8 Å². The van der Waals surface area contributed by atoms with Gasteiger partial charge in [-0.3, -0.25) is 4.79 Å². The zero-order chi connectivity index (χ0) is 40.3. The van der Waals surface area contributed by atoms with Crippen LogP contribution in [0.5, 0.6) is 0 Å². The summed E-state index contributed by atoms with van der Waals surface area (Å²) in [5, 5.41) is 18.2. The summed E-state index contributed by atoms with van der Waals surface area (Å²) >= 11 is 0. The Morgan fingerprint density at radius 3 is 2.24 bits per heavy atom. The number of ether oxygens (including phenoxy) is 1. The number of carbonyl (C=O) groups is 2. The highest BCUT2D eigenvalue weighted by molar-refractivity contribution is 7.84. The topological polar surface area (TPSA) is 138 Å². The Labute approximate surface area is 320 Å². The fourth-order valence-electron chi connectivity index (χ4n) is 5.83. The molecule has 1 heterocycles. The molecule has 292 valence electrons. The minimum absolute atomic E-state index is 0.0363. The van der Waals surface area contributed by atoms with Crippen LogP contribution in [0.3, 0.4) is 0 Å². The van der Waals surface area contributed by atoms with Crippen LogP contribution in [0.2, 0.25) is 0 Å². The van der Waals surface area contributed by atoms with Gasteiger partial charge in [0, 0.05) is 12.6 Å². The number of carbonyl (C=O) groups excluding carboxylic acids is 2. The van der Waals surface area contributed by atoms with Crippen molar-refractivity contribution in [3.63, 3.8) is 0 Å². The Bertz CT molecular complexity index is 2110. The maximum Gasteiger partial charge on any atom is 0.435 e. The van der Waals surface area contributed by atoms with E-state index >= 15 is 4.39 Å². The van der Waals surface area contributed by atoms with Gasteiger partial charge in [0.05, 0.1) is 44.3 Å². The Kier molecular flexibility index (Phi) is 11.9. The molecule has 0 bridgehead atoms. The molecule has 1 fully saturated rings. The maximum absolute atomic E-state index is 15.7. The maximum atomic E-state index is 15.7. The summed E-state index contributed by atoms with van der Waals surface area (Å²) in [6, 6.07) is 19.5. The van der Waals surface area contributed by atoms with E-state index < -0.39 is 62.3 Å². The molecule has 0 spiro atoms. The van der Waals surface area contributed by atoms with Crippen molar-refractivity contribution in [3.05, 3.63) is 112 Å². The molecule has 1 saturated carbocycles. The van der Waals surface area contributed by atoms with E-state index in [9.17, 15) is 32.2 Å². The predicted molar refractivity (Wildman–Crippen MR) is 201 cm³/mol. The Hall–Kier alpha value is -5.07. The van der Waals surface area contributed by atoms with E-state index in [1.54, 1.807) is 51.1 Å². The predicted octanol–water partition coefficient (Wildman–Crippen LogP) is 8.66. The molecule has 4 aromatic rings. The van der Waals surface area contributed by atoms with Gasteiger partial charge in [-0.2, -0.15) is 23.5 Å². The number of alkyl halides is 3. The first-order chi connectivity index (χ1) is 25.7. The lowest BCUT2D eigenvalue weighted by atomic mass is 9.79. The molecule has 1 aromatic heterocycles. The van der Waals surface area contributed by atoms with Gasteiger partial charge in [-0.15, -0.1) is 0 Å². The lowest BCUT2D eigenvalue weighted by Gasteiger charge is -2.38. The molecule has 55 heavy (non-hydrogen) atoms. The van der Waals surface area contributed by atoms with Gasteiger partial charge in [0.2, 0.25) is 0 Å². The summed E-state index contributed by atoms with van der Waals surface area (Å²) in [6.45, 7) is 10.5. The second-order valence-electron chi connectivity index (χ2n) is 15.6. The second-order valence-corrected chi connectivity index (χ2v) is 17.5. The molecule has 0 radical (unpaired) electrons. The molecule has 1 aliphatic rings. The van der Waals surface area contributed by atoms with Crippen LogP contribution in [-0.4, -0.2) is 36.3 Å². The number of aromatic nitrogens is 2. The van der Waals surface area contributed by atoms with Crippen LogP contribution in [-0.2, 0) is 34.0 Å². The van der Waals surface area contributed by atoms with Gasteiger partial charge in [0.1, 0.15) is 17.1 Å². The quantitative estimate of drug-likeness (QED) is 0.123. The molecule has 1 aliphatic carbocycles. The molecule has 0 aliphatic heterocycles. The van der Waals surface area contributed by atoms with Crippen LogP contribution >= 0.6 is 0 Å². The Morgan fingerprint density at radius 2 is 1.64 bits per heavy atom. The second kappa shape index (κ2) is 16.0. The zero-order valence-corrected chi connectivity index (χ0v) is 32.3. The van der Waals surface area contributed by atoms with Crippen molar-refractivity contribution in [1.29, 1.82) is 5.26 Å². The first kappa shape index (κ1) is 41.1. The number of hydrogen-bond donors (Lipinski definition) is 3. The van der Waals surface area contributed by atoms with E-state index in [0.29, 0.717) is 40.7 Å². The van der Waals surface area contributed by atoms with Crippen LogP contribution in [0.1, 0.15) is 106 Å². The van der Waals surface area contributed by atoms with Gasteiger partial charge in [-0.05, 0) is 113 Å². The van der Waals surface area contributed by atoms with Crippen molar-refractivity contribution in [3.8, 4) is 11.8 Å². The SMILES string of the molecule is CC(C)(C)OC(=O)NCc1cccc(-n2nc(C(F)(F)F)cc2C(=O)Nc2cc(C(CCC3CC3)(NS(=O)C(C)(C)C)c3ccc(C#N)cc3)ccc2F)c1. The standard InChI is InChI=1S/C40H44F4N6O4S/c1-37(2,3)54-36(52)46-24-27-8-7-9-30(20-27)50-33(22-34(48-50)40(42,43)44)35(51)47-32-21-29(16-17-31(32)41)39(19-18-25-10-11-25,49-55(53)38(4,5)6)28-14-12-26(23-45)13-15-28/h7-9,12-17,20-22,25,49H,10-11,18-19,24H2,1-6H3,(H,46,52)(H,47,51). The van der Waals surface area contributed by atoms with Crippen molar-refractivity contribution in [2.75, 3.05) is 5.32 Å². The minimum Gasteiger partial charge on any atom is -0.444 e. The molecule has 5 rings (SSSR count). The first-order valence-electron chi connectivity index (χ1n) is 17.7. The first-order valence-corrected chi connectivity index (χ1v) is 18.9. The van der Waals surface area contributed by atoms with Crippen molar-refractivity contribution < 1.29 is 36.1 Å². The van der Waals surface area contributed by atoms with E-state index in [1.807, 2.05) is 20.8 Å². The molecule has 10 nitrogen and oxygen atoms in total. The lowest BCUT2D eigenvalue weighted by Crippen LogP contribution is -2.49. The highest BCUT2D eigenvalue weighted by Gasteiger charge is 2.41. The van der Waals surface area contributed by atoms with E-state index in [-0.39, 0.29) is 17.9 Å². The average molecular weight is 781 g/mol. The molecule has 2 unspecified atom stereocenters. The summed E-state index contributed by atoms with van der Waals surface area (Å²) in [5.74, 6) is -1.50. The highest BCUT2D eigenvalue weighted by atomic mass is 32.2. The fraction of sp³-hybridized carbons (Fsp3) is 0.400. The summed E-state index contributed by atoms with van der Waals surface area (Å²) in [4.78, 5) is 26.1. The third-order valence-corrected chi connectivity index (χ3v) is 10.5.